The first-order valence-corrected chi connectivity index (χ1v) is 7.92. The van der Waals surface area contributed by atoms with Crippen LogP contribution in [0.2, 0.25) is 0 Å². The van der Waals surface area contributed by atoms with Gasteiger partial charge in [-0.05, 0) is 22.8 Å². The maximum Gasteiger partial charge on any atom is 0.326 e. The zero-order chi connectivity index (χ0) is 16.9. The number of carbonyl (C=O) groups excluding carboxylic acids is 1. The van der Waals surface area contributed by atoms with Gasteiger partial charge in [-0.25, -0.2) is 4.79 Å². The Balaban J connectivity index is 1.62. The van der Waals surface area contributed by atoms with E-state index in [0.717, 1.165) is 28.9 Å². The summed E-state index contributed by atoms with van der Waals surface area (Å²) in [5.74, 6) is -0.460. The topological polar surface area (TPSA) is 75.6 Å². The van der Waals surface area contributed by atoms with Gasteiger partial charge in [0.25, 0.3) is 0 Å². The Labute approximate surface area is 140 Å². The molecule has 2 aromatic rings. The lowest BCUT2D eigenvalue weighted by atomic mass is 10.0. The van der Waals surface area contributed by atoms with Crippen molar-refractivity contribution >= 4 is 11.9 Å². The molecule has 0 spiro atoms. The number of rotatable bonds is 6. The zero-order valence-corrected chi connectivity index (χ0v) is 13.2. The Kier molecular flexibility index (Phi) is 4.79. The fraction of sp³-hybridized carbons (Fsp3) is 0.263. The number of nitrogens with one attached hydrogen (secondary N) is 1. The Morgan fingerprint density at radius 1 is 1.12 bits per heavy atom. The standard InChI is InChI=1S/C19H19NO4/c21-18(12-14-6-7-17-15(10-14)8-9-24-17)20-16(19(22)23)11-13-4-2-1-3-5-13/h1-7,10,16H,8-9,11-12H2,(H,20,21)(H,22,23). The van der Waals surface area contributed by atoms with Gasteiger partial charge < -0.3 is 15.2 Å². The lowest BCUT2D eigenvalue weighted by molar-refractivity contribution is -0.141. The highest BCUT2D eigenvalue weighted by atomic mass is 16.5. The van der Waals surface area contributed by atoms with E-state index in [9.17, 15) is 14.7 Å². The number of benzene rings is 2. The molecular formula is C19H19NO4. The minimum atomic E-state index is -1.03. The minimum absolute atomic E-state index is 0.159. The SMILES string of the molecule is O=C(Cc1ccc2c(c1)CCO2)NC(Cc1ccccc1)C(=O)O. The van der Waals surface area contributed by atoms with Crippen LogP contribution in [0.3, 0.4) is 0 Å². The van der Waals surface area contributed by atoms with Crippen LogP contribution in [-0.4, -0.2) is 29.6 Å². The Hall–Kier alpha value is -2.82. The van der Waals surface area contributed by atoms with Crippen LogP contribution in [0.25, 0.3) is 0 Å². The van der Waals surface area contributed by atoms with Crippen LogP contribution < -0.4 is 10.1 Å². The first-order chi connectivity index (χ1) is 11.6. The first kappa shape index (κ1) is 16.1. The molecule has 0 radical (unpaired) electrons. The molecule has 24 heavy (non-hydrogen) atoms. The minimum Gasteiger partial charge on any atom is -0.493 e. The Morgan fingerprint density at radius 3 is 2.67 bits per heavy atom. The third-order valence-corrected chi connectivity index (χ3v) is 4.03. The van der Waals surface area contributed by atoms with Crippen molar-refractivity contribution < 1.29 is 19.4 Å². The molecule has 1 unspecified atom stereocenters. The highest BCUT2D eigenvalue weighted by Gasteiger charge is 2.21. The first-order valence-electron chi connectivity index (χ1n) is 7.92. The van der Waals surface area contributed by atoms with Gasteiger partial charge in [0.1, 0.15) is 11.8 Å². The lowest BCUT2D eigenvalue weighted by Crippen LogP contribution is -2.43. The van der Waals surface area contributed by atoms with Gasteiger partial charge in [-0.15, -0.1) is 0 Å². The van der Waals surface area contributed by atoms with Crippen molar-refractivity contribution in [3.63, 3.8) is 0 Å². The molecule has 5 nitrogen and oxygen atoms in total. The second-order valence-corrected chi connectivity index (χ2v) is 5.87. The van der Waals surface area contributed by atoms with Gasteiger partial charge in [-0.1, -0.05) is 42.5 Å². The average Bonchev–Trinajstić information content (AvgIpc) is 3.02. The van der Waals surface area contributed by atoms with E-state index in [0.29, 0.717) is 6.61 Å². The number of carboxylic acids is 1. The van der Waals surface area contributed by atoms with Crippen LogP contribution in [0.5, 0.6) is 5.75 Å². The van der Waals surface area contributed by atoms with Crippen molar-refractivity contribution in [2.45, 2.75) is 25.3 Å². The Morgan fingerprint density at radius 2 is 1.92 bits per heavy atom. The molecule has 124 valence electrons. The second-order valence-electron chi connectivity index (χ2n) is 5.87. The molecule has 0 aliphatic carbocycles. The number of aliphatic carboxylic acids is 1. The van der Waals surface area contributed by atoms with E-state index >= 15 is 0 Å². The molecule has 1 aliphatic rings. The lowest BCUT2D eigenvalue weighted by Gasteiger charge is -2.15. The van der Waals surface area contributed by atoms with Crippen molar-refractivity contribution in [3.05, 3.63) is 65.2 Å². The number of ether oxygens (including phenoxy) is 1. The van der Waals surface area contributed by atoms with Gasteiger partial charge >= 0.3 is 5.97 Å². The van der Waals surface area contributed by atoms with Crippen LogP contribution in [0.15, 0.2) is 48.5 Å². The number of carbonyl (C=O) groups is 2. The summed E-state index contributed by atoms with van der Waals surface area (Å²) in [4.78, 5) is 23.6. The molecule has 5 heteroatoms. The highest BCUT2D eigenvalue weighted by molar-refractivity contribution is 5.85. The number of hydrogen-bond donors (Lipinski definition) is 2. The van der Waals surface area contributed by atoms with Crippen molar-refractivity contribution in [1.82, 2.24) is 5.32 Å². The summed E-state index contributed by atoms with van der Waals surface area (Å²) in [6.45, 7) is 0.670. The highest BCUT2D eigenvalue weighted by Crippen LogP contribution is 2.25. The molecule has 2 aromatic carbocycles. The molecule has 0 aromatic heterocycles. The average molecular weight is 325 g/mol. The predicted molar refractivity (Wildman–Crippen MR) is 89.1 cm³/mol. The van der Waals surface area contributed by atoms with Gasteiger partial charge in [0.05, 0.1) is 13.0 Å². The summed E-state index contributed by atoms with van der Waals surface area (Å²) in [6, 6.07) is 14.0. The quantitative estimate of drug-likeness (QED) is 0.851. The van der Waals surface area contributed by atoms with E-state index < -0.39 is 12.0 Å². The van der Waals surface area contributed by atoms with E-state index in [1.807, 2.05) is 48.5 Å². The molecule has 3 rings (SSSR count). The van der Waals surface area contributed by atoms with Crippen LogP contribution in [0, 0.1) is 0 Å². The normalized spacial score (nSPS) is 13.7. The Bertz CT molecular complexity index is 742. The maximum atomic E-state index is 12.2. The van der Waals surface area contributed by atoms with Crippen molar-refractivity contribution in [2.75, 3.05) is 6.61 Å². The van der Waals surface area contributed by atoms with Crippen LogP contribution in [0.4, 0.5) is 0 Å². The van der Waals surface area contributed by atoms with E-state index in [-0.39, 0.29) is 18.7 Å². The third kappa shape index (κ3) is 3.93. The van der Waals surface area contributed by atoms with Crippen molar-refractivity contribution in [1.29, 1.82) is 0 Å². The zero-order valence-electron chi connectivity index (χ0n) is 13.2. The molecule has 2 N–H and O–H groups in total. The summed E-state index contributed by atoms with van der Waals surface area (Å²) < 4.78 is 5.44. The fourth-order valence-corrected chi connectivity index (χ4v) is 2.83. The van der Waals surface area contributed by atoms with Gasteiger partial charge in [0.2, 0.25) is 5.91 Å². The summed E-state index contributed by atoms with van der Waals surface area (Å²) in [7, 11) is 0. The molecule has 0 bridgehead atoms. The molecule has 0 saturated heterocycles. The molecule has 1 aliphatic heterocycles. The smallest absolute Gasteiger partial charge is 0.326 e. The van der Waals surface area contributed by atoms with Crippen LogP contribution in [0.1, 0.15) is 16.7 Å². The summed E-state index contributed by atoms with van der Waals surface area (Å²) in [6.07, 6.45) is 1.27. The molecule has 1 atom stereocenters. The predicted octanol–water partition coefficient (Wildman–Crippen LogP) is 1.98. The van der Waals surface area contributed by atoms with Crippen molar-refractivity contribution in [3.8, 4) is 5.75 Å². The molecule has 1 heterocycles. The summed E-state index contributed by atoms with van der Waals surface area (Å²) in [5, 5.41) is 12.0. The maximum absolute atomic E-state index is 12.2. The molecule has 1 amide bonds. The van der Waals surface area contributed by atoms with E-state index in [2.05, 4.69) is 5.32 Å². The van der Waals surface area contributed by atoms with Crippen LogP contribution >= 0.6 is 0 Å². The number of fused-ring (bicyclic) bond motifs is 1. The van der Waals surface area contributed by atoms with Gasteiger partial charge in [0, 0.05) is 12.8 Å². The molecule has 0 fully saturated rings. The summed E-state index contributed by atoms with van der Waals surface area (Å²) in [5.41, 5.74) is 2.83. The number of carboxylic acid groups (broad SMARTS) is 1. The molecule has 0 saturated carbocycles. The monoisotopic (exact) mass is 325 g/mol. The van der Waals surface area contributed by atoms with Gasteiger partial charge in [0.15, 0.2) is 0 Å². The number of amides is 1. The second kappa shape index (κ2) is 7.17. The largest absolute Gasteiger partial charge is 0.493 e. The number of hydrogen-bond acceptors (Lipinski definition) is 3. The fourth-order valence-electron chi connectivity index (χ4n) is 2.83. The van der Waals surface area contributed by atoms with E-state index in [1.165, 1.54) is 0 Å². The van der Waals surface area contributed by atoms with Crippen LogP contribution in [-0.2, 0) is 28.9 Å². The third-order valence-electron chi connectivity index (χ3n) is 4.03. The van der Waals surface area contributed by atoms with E-state index in [4.69, 9.17) is 4.74 Å². The molecular weight excluding hydrogens is 306 g/mol. The van der Waals surface area contributed by atoms with Crippen molar-refractivity contribution in [2.24, 2.45) is 0 Å². The summed E-state index contributed by atoms with van der Waals surface area (Å²) >= 11 is 0. The van der Waals surface area contributed by atoms with Gasteiger partial charge in [-0.3, -0.25) is 4.79 Å². The van der Waals surface area contributed by atoms with E-state index in [1.54, 1.807) is 0 Å². The van der Waals surface area contributed by atoms with Gasteiger partial charge in [-0.2, -0.15) is 0 Å².